The van der Waals surface area contributed by atoms with E-state index in [0.29, 0.717) is 0 Å². The van der Waals surface area contributed by atoms with Gasteiger partial charge in [0.1, 0.15) is 5.82 Å². The molecule has 0 amide bonds. The van der Waals surface area contributed by atoms with Crippen LogP contribution in [0.15, 0.2) is 79.0 Å². The summed E-state index contributed by atoms with van der Waals surface area (Å²) in [5.41, 5.74) is 2.58. The molecule has 30 heavy (non-hydrogen) atoms. The standard InChI is InChI=1S/C25H29N5/c1-3-8-22(9-4-1)12-7-17-29-18-20-30(21-19-29)25-27-16-14-24(28-25)26-15-13-23-10-5-2-6-11-23/h1-12,14,16H,13,15,17-21H2,(H,26,27,28)/b12-7+. The number of nitrogens with one attached hydrogen (secondary N) is 1. The van der Waals surface area contributed by atoms with Gasteiger partial charge in [0, 0.05) is 45.5 Å². The number of hydrogen-bond donors (Lipinski definition) is 1. The van der Waals surface area contributed by atoms with E-state index < -0.39 is 0 Å². The third-order valence-corrected chi connectivity index (χ3v) is 5.33. The van der Waals surface area contributed by atoms with Crippen molar-refractivity contribution in [3.8, 4) is 0 Å². The quantitative estimate of drug-likeness (QED) is 0.621. The minimum atomic E-state index is 0.819. The van der Waals surface area contributed by atoms with Crippen LogP contribution in [0.25, 0.3) is 6.08 Å². The summed E-state index contributed by atoms with van der Waals surface area (Å²) in [5.74, 6) is 1.71. The van der Waals surface area contributed by atoms with Gasteiger partial charge in [0.15, 0.2) is 0 Å². The van der Waals surface area contributed by atoms with E-state index in [9.17, 15) is 0 Å². The summed E-state index contributed by atoms with van der Waals surface area (Å²) < 4.78 is 0. The highest BCUT2D eigenvalue weighted by Gasteiger charge is 2.18. The van der Waals surface area contributed by atoms with E-state index in [1.54, 1.807) is 0 Å². The third-order valence-electron chi connectivity index (χ3n) is 5.33. The first kappa shape index (κ1) is 20.1. The van der Waals surface area contributed by atoms with Crippen molar-refractivity contribution in [3.63, 3.8) is 0 Å². The number of rotatable bonds is 8. The van der Waals surface area contributed by atoms with Crippen LogP contribution in [0, 0.1) is 0 Å². The zero-order valence-corrected chi connectivity index (χ0v) is 17.3. The van der Waals surface area contributed by atoms with E-state index in [-0.39, 0.29) is 0 Å². The smallest absolute Gasteiger partial charge is 0.227 e. The molecule has 2 aromatic carbocycles. The van der Waals surface area contributed by atoms with E-state index in [4.69, 9.17) is 4.98 Å². The molecule has 5 nitrogen and oxygen atoms in total. The lowest BCUT2D eigenvalue weighted by Crippen LogP contribution is -2.47. The van der Waals surface area contributed by atoms with Gasteiger partial charge in [0.2, 0.25) is 5.95 Å². The Balaban J connectivity index is 1.23. The summed E-state index contributed by atoms with van der Waals surface area (Å²) in [5, 5.41) is 3.43. The van der Waals surface area contributed by atoms with Crippen molar-refractivity contribution in [2.24, 2.45) is 0 Å². The van der Waals surface area contributed by atoms with Crippen molar-refractivity contribution in [3.05, 3.63) is 90.1 Å². The van der Waals surface area contributed by atoms with Gasteiger partial charge >= 0.3 is 0 Å². The second-order valence-corrected chi connectivity index (χ2v) is 7.50. The van der Waals surface area contributed by atoms with Crippen molar-refractivity contribution in [1.82, 2.24) is 14.9 Å². The van der Waals surface area contributed by atoms with Crippen LogP contribution in [0.4, 0.5) is 11.8 Å². The number of hydrogen-bond acceptors (Lipinski definition) is 5. The number of benzene rings is 2. The maximum atomic E-state index is 4.73. The number of aromatic nitrogens is 2. The zero-order chi connectivity index (χ0) is 20.4. The molecule has 0 radical (unpaired) electrons. The Bertz CT molecular complexity index is 919. The molecule has 0 atom stereocenters. The molecule has 1 N–H and O–H groups in total. The molecule has 4 rings (SSSR count). The second-order valence-electron chi connectivity index (χ2n) is 7.50. The first-order chi connectivity index (χ1) is 14.9. The van der Waals surface area contributed by atoms with Gasteiger partial charge in [0.25, 0.3) is 0 Å². The molecule has 1 aliphatic rings. The second kappa shape index (κ2) is 10.6. The molecule has 154 valence electrons. The fourth-order valence-electron chi connectivity index (χ4n) is 3.61. The lowest BCUT2D eigenvalue weighted by Gasteiger charge is -2.34. The summed E-state index contributed by atoms with van der Waals surface area (Å²) >= 11 is 0. The summed E-state index contributed by atoms with van der Waals surface area (Å²) in [6.45, 7) is 5.79. The van der Waals surface area contributed by atoms with Gasteiger partial charge in [-0.05, 0) is 23.6 Å². The Kier molecular flexibility index (Phi) is 7.07. The van der Waals surface area contributed by atoms with E-state index in [2.05, 4.69) is 80.8 Å². The Hall–Kier alpha value is -3.18. The summed E-state index contributed by atoms with van der Waals surface area (Å²) in [6, 6.07) is 22.9. The largest absolute Gasteiger partial charge is 0.370 e. The molecule has 0 unspecified atom stereocenters. The van der Waals surface area contributed by atoms with Crippen molar-refractivity contribution >= 4 is 17.8 Å². The molecular weight excluding hydrogens is 370 g/mol. The van der Waals surface area contributed by atoms with E-state index in [1.165, 1.54) is 11.1 Å². The third kappa shape index (κ3) is 5.91. The maximum absolute atomic E-state index is 4.73. The van der Waals surface area contributed by atoms with Crippen molar-refractivity contribution in [1.29, 1.82) is 0 Å². The van der Waals surface area contributed by atoms with Crippen molar-refractivity contribution in [2.75, 3.05) is 49.5 Å². The molecule has 2 heterocycles. The SMILES string of the molecule is C(=C\c1ccccc1)/CN1CCN(c2nccc(NCCc3ccccc3)n2)CC1. The molecule has 1 saturated heterocycles. The molecule has 0 aliphatic carbocycles. The maximum Gasteiger partial charge on any atom is 0.227 e. The molecule has 0 saturated carbocycles. The van der Waals surface area contributed by atoms with Gasteiger partial charge in [-0.3, -0.25) is 4.90 Å². The Morgan fingerprint density at radius 3 is 2.37 bits per heavy atom. The van der Waals surface area contributed by atoms with Gasteiger partial charge in [-0.25, -0.2) is 4.98 Å². The highest BCUT2D eigenvalue weighted by molar-refractivity contribution is 5.48. The Morgan fingerprint density at radius 2 is 1.60 bits per heavy atom. The molecular formula is C25H29N5. The van der Waals surface area contributed by atoms with Gasteiger partial charge in [0.05, 0.1) is 0 Å². The Morgan fingerprint density at radius 1 is 0.867 bits per heavy atom. The fourth-order valence-corrected chi connectivity index (χ4v) is 3.61. The minimum absolute atomic E-state index is 0.819. The van der Waals surface area contributed by atoms with Crippen LogP contribution in [-0.4, -0.2) is 54.1 Å². The van der Waals surface area contributed by atoms with Crippen LogP contribution in [0.2, 0.25) is 0 Å². The van der Waals surface area contributed by atoms with Crippen molar-refractivity contribution in [2.45, 2.75) is 6.42 Å². The van der Waals surface area contributed by atoms with Crippen LogP contribution >= 0.6 is 0 Å². The number of anilines is 2. The van der Waals surface area contributed by atoms with Crippen molar-refractivity contribution < 1.29 is 0 Å². The predicted octanol–water partition coefficient (Wildman–Crippen LogP) is 3.97. The van der Waals surface area contributed by atoms with E-state index in [0.717, 1.165) is 57.5 Å². The molecule has 1 fully saturated rings. The highest BCUT2D eigenvalue weighted by Crippen LogP contribution is 2.14. The van der Waals surface area contributed by atoms with Gasteiger partial charge in [-0.15, -0.1) is 0 Å². The van der Waals surface area contributed by atoms with Crippen LogP contribution < -0.4 is 10.2 Å². The Labute approximate surface area is 179 Å². The molecule has 5 heteroatoms. The lowest BCUT2D eigenvalue weighted by atomic mass is 10.1. The first-order valence-electron chi connectivity index (χ1n) is 10.7. The normalized spacial score (nSPS) is 14.9. The van der Waals surface area contributed by atoms with Gasteiger partial charge in [-0.2, -0.15) is 4.98 Å². The monoisotopic (exact) mass is 399 g/mol. The molecule has 1 aromatic heterocycles. The van der Waals surface area contributed by atoms with Gasteiger partial charge < -0.3 is 10.2 Å². The average molecular weight is 400 g/mol. The predicted molar refractivity (Wildman–Crippen MR) is 125 cm³/mol. The first-order valence-corrected chi connectivity index (χ1v) is 10.7. The zero-order valence-electron chi connectivity index (χ0n) is 17.3. The molecule has 1 aliphatic heterocycles. The number of nitrogens with zero attached hydrogens (tertiary/aromatic N) is 4. The van der Waals surface area contributed by atoms with E-state index in [1.807, 2.05) is 24.4 Å². The summed E-state index contributed by atoms with van der Waals surface area (Å²) in [4.78, 5) is 14.0. The van der Waals surface area contributed by atoms with E-state index >= 15 is 0 Å². The van der Waals surface area contributed by atoms with Crippen LogP contribution in [0.5, 0.6) is 0 Å². The van der Waals surface area contributed by atoms with Crippen LogP contribution in [0.1, 0.15) is 11.1 Å². The van der Waals surface area contributed by atoms with Crippen LogP contribution in [-0.2, 0) is 6.42 Å². The molecule has 0 spiro atoms. The summed E-state index contributed by atoms with van der Waals surface area (Å²) in [6.07, 6.45) is 7.27. The fraction of sp³-hybridized carbons (Fsp3) is 0.280. The minimum Gasteiger partial charge on any atom is -0.370 e. The summed E-state index contributed by atoms with van der Waals surface area (Å²) in [7, 11) is 0. The average Bonchev–Trinajstić information content (AvgIpc) is 2.81. The molecule has 0 bridgehead atoms. The lowest BCUT2D eigenvalue weighted by molar-refractivity contribution is 0.283. The molecule has 3 aromatic rings. The topological polar surface area (TPSA) is 44.3 Å². The van der Waals surface area contributed by atoms with Crippen LogP contribution in [0.3, 0.4) is 0 Å². The van der Waals surface area contributed by atoms with Gasteiger partial charge in [-0.1, -0.05) is 72.8 Å². The number of piperazine rings is 1. The highest BCUT2D eigenvalue weighted by atomic mass is 15.3.